The summed E-state index contributed by atoms with van der Waals surface area (Å²) in [6.07, 6.45) is 2.77. The van der Waals surface area contributed by atoms with Gasteiger partial charge in [0.1, 0.15) is 5.78 Å². The van der Waals surface area contributed by atoms with Crippen molar-refractivity contribution in [3.05, 3.63) is 16.9 Å². The second kappa shape index (κ2) is 6.77. The van der Waals surface area contributed by atoms with Gasteiger partial charge in [-0.05, 0) is 6.42 Å². The smallest absolute Gasteiger partial charge is 0.135 e. The summed E-state index contributed by atoms with van der Waals surface area (Å²) in [5.74, 6) is 0.324. The molecule has 0 spiro atoms. The molecule has 0 unspecified atom stereocenters. The van der Waals surface area contributed by atoms with Crippen LogP contribution in [-0.4, -0.2) is 29.3 Å². The molecule has 0 aliphatic carbocycles. The van der Waals surface area contributed by atoms with Gasteiger partial charge < -0.3 is 4.74 Å². The molecular weight excluding hydrogens is 240 g/mol. The third-order valence-corrected chi connectivity index (χ3v) is 2.97. The van der Waals surface area contributed by atoms with Crippen LogP contribution in [-0.2, 0) is 22.5 Å². The number of Topliss-reactive ketones (excluding diaryl/α,β-unsaturated/α-hetero) is 1. The predicted octanol–water partition coefficient (Wildman–Crippen LogP) is 2.34. The molecule has 1 aromatic rings. The second-order valence-electron chi connectivity index (χ2n) is 4.28. The SMILES string of the molecule is COCCn1ncc(Cl)c1CCC(=O)C(C)C. The number of aromatic nitrogens is 2. The standard InChI is InChI=1S/C12H19ClN2O2/c1-9(2)12(16)5-4-11-10(13)8-14-15(11)6-7-17-3/h8-9H,4-7H2,1-3H3. The van der Waals surface area contributed by atoms with Crippen LogP contribution in [0.2, 0.25) is 5.02 Å². The first kappa shape index (κ1) is 14.2. The van der Waals surface area contributed by atoms with Gasteiger partial charge in [0.05, 0.1) is 30.1 Å². The Labute approximate surface area is 107 Å². The van der Waals surface area contributed by atoms with Gasteiger partial charge in [-0.3, -0.25) is 9.48 Å². The first-order chi connectivity index (χ1) is 8.06. The lowest BCUT2D eigenvalue weighted by Gasteiger charge is -2.08. The van der Waals surface area contributed by atoms with Crippen molar-refractivity contribution in [2.45, 2.75) is 33.2 Å². The summed E-state index contributed by atoms with van der Waals surface area (Å²) in [5.41, 5.74) is 0.915. The molecule has 96 valence electrons. The Morgan fingerprint density at radius 2 is 2.29 bits per heavy atom. The van der Waals surface area contributed by atoms with Crippen molar-refractivity contribution < 1.29 is 9.53 Å². The fraction of sp³-hybridized carbons (Fsp3) is 0.667. The first-order valence-electron chi connectivity index (χ1n) is 5.78. The topological polar surface area (TPSA) is 44.1 Å². The van der Waals surface area contributed by atoms with Crippen LogP contribution in [0.25, 0.3) is 0 Å². The number of hydrogen-bond acceptors (Lipinski definition) is 3. The molecule has 5 heteroatoms. The zero-order valence-electron chi connectivity index (χ0n) is 10.6. The number of hydrogen-bond donors (Lipinski definition) is 0. The Balaban J connectivity index is 2.62. The molecule has 0 aliphatic rings. The summed E-state index contributed by atoms with van der Waals surface area (Å²) < 4.78 is 6.81. The van der Waals surface area contributed by atoms with Gasteiger partial charge in [-0.1, -0.05) is 25.4 Å². The lowest BCUT2D eigenvalue weighted by atomic mass is 10.0. The molecule has 0 saturated heterocycles. The van der Waals surface area contributed by atoms with E-state index in [1.54, 1.807) is 18.0 Å². The Kier molecular flexibility index (Phi) is 5.65. The monoisotopic (exact) mass is 258 g/mol. The second-order valence-corrected chi connectivity index (χ2v) is 4.68. The Morgan fingerprint density at radius 1 is 1.59 bits per heavy atom. The highest BCUT2D eigenvalue weighted by molar-refractivity contribution is 6.31. The summed E-state index contributed by atoms with van der Waals surface area (Å²) >= 11 is 6.05. The van der Waals surface area contributed by atoms with E-state index in [2.05, 4.69) is 5.10 Å². The maximum absolute atomic E-state index is 11.6. The quantitative estimate of drug-likeness (QED) is 0.754. The van der Waals surface area contributed by atoms with E-state index < -0.39 is 0 Å². The summed E-state index contributed by atoms with van der Waals surface area (Å²) in [4.78, 5) is 11.6. The first-order valence-corrected chi connectivity index (χ1v) is 6.16. The van der Waals surface area contributed by atoms with Crippen LogP contribution in [0.5, 0.6) is 0 Å². The zero-order valence-corrected chi connectivity index (χ0v) is 11.3. The highest BCUT2D eigenvalue weighted by Crippen LogP contribution is 2.17. The highest BCUT2D eigenvalue weighted by atomic mass is 35.5. The van der Waals surface area contributed by atoms with Gasteiger partial charge >= 0.3 is 0 Å². The van der Waals surface area contributed by atoms with Crippen LogP contribution in [0.15, 0.2) is 6.20 Å². The number of nitrogens with zero attached hydrogens (tertiary/aromatic N) is 2. The fourth-order valence-electron chi connectivity index (χ4n) is 1.54. The van der Waals surface area contributed by atoms with Gasteiger partial charge in [-0.2, -0.15) is 5.10 Å². The average Bonchev–Trinajstić information content (AvgIpc) is 2.64. The normalized spacial score (nSPS) is 11.1. The number of carbonyl (C=O) groups is 1. The van der Waals surface area contributed by atoms with Crippen LogP contribution >= 0.6 is 11.6 Å². The van der Waals surface area contributed by atoms with Crippen molar-refractivity contribution in [2.24, 2.45) is 5.92 Å². The maximum atomic E-state index is 11.6. The molecule has 0 aromatic carbocycles. The van der Waals surface area contributed by atoms with Crippen LogP contribution in [0.4, 0.5) is 0 Å². The van der Waals surface area contributed by atoms with E-state index >= 15 is 0 Å². The third kappa shape index (κ3) is 4.13. The molecule has 4 nitrogen and oxygen atoms in total. The van der Waals surface area contributed by atoms with Crippen molar-refractivity contribution in [1.29, 1.82) is 0 Å². The molecular formula is C12H19ClN2O2. The molecule has 0 saturated carbocycles. The molecule has 1 heterocycles. The van der Waals surface area contributed by atoms with Crippen LogP contribution in [0.3, 0.4) is 0 Å². The summed E-state index contributed by atoms with van der Waals surface area (Å²) in [7, 11) is 1.65. The molecule has 0 aliphatic heterocycles. The zero-order chi connectivity index (χ0) is 12.8. The number of ether oxygens (including phenoxy) is 1. The number of ketones is 1. The van der Waals surface area contributed by atoms with Crippen LogP contribution in [0.1, 0.15) is 26.0 Å². The van der Waals surface area contributed by atoms with E-state index in [1.165, 1.54) is 0 Å². The van der Waals surface area contributed by atoms with Gasteiger partial charge in [0.15, 0.2) is 0 Å². The van der Waals surface area contributed by atoms with Crippen molar-refractivity contribution in [1.82, 2.24) is 9.78 Å². The van der Waals surface area contributed by atoms with E-state index in [1.807, 2.05) is 13.8 Å². The minimum absolute atomic E-state index is 0.0733. The van der Waals surface area contributed by atoms with Gasteiger partial charge in [0.25, 0.3) is 0 Å². The summed E-state index contributed by atoms with van der Waals surface area (Å²) in [5, 5.41) is 4.79. The number of methoxy groups -OCH3 is 1. The van der Waals surface area contributed by atoms with Gasteiger partial charge in [0, 0.05) is 19.4 Å². The van der Waals surface area contributed by atoms with Crippen molar-refractivity contribution >= 4 is 17.4 Å². The van der Waals surface area contributed by atoms with Gasteiger partial charge in [-0.15, -0.1) is 0 Å². The number of rotatable bonds is 7. The Morgan fingerprint density at radius 3 is 2.88 bits per heavy atom. The van der Waals surface area contributed by atoms with E-state index in [-0.39, 0.29) is 11.7 Å². The molecule has 0 radical (unpaired) electrons. The van der Waals surface area contributed by atoms with E-state index in [4.69, 9.17) is 16.3 Å². The Bertz CT molecular complexity index is 375. The van der Waals surface area contributed by atoms with E-state index in [0.29, 0.717) is 31.0 Å². The minimum atomic E-state index is 0.0733. The third-order valence-electron chi connectivity index (χ3n) is 2.66. The van der Waals surface area contributed by atoms with Gasteiger partial charge in [-0.25, -0.2) is 0 Å². The van der Waals surface area contributed by atoms with Crippen molar-refractivity contribution in [3.63, 3.8) is 0 Å². The summed E-state index contributed by atoms with van der Waals surface area (Å²) in [6.45, 7) is 5.07. The molecule has 0 bridgehead atoms. The van der Waals surface area contributed by atoms with Crippen LogP contribution < -0.4 is 0 Å². The van der Waals surface area contributed by atoms with Crippen molar-refractivity contribution in [3.8, 4) is 0 Å². The summed E-state index contributed by atoms with van der Waals surface area (Å²) in [6, 6.07) is 0. The molecule has 0 N–H and O–H groups in total. The van der Waals surface area contributed by atoms with Gasteiger partial charge in [0.2, 0.25) is 0 Å². The molecule has 0 amide bonds. The fourth-order valence-corrected chi connectivity index (χ4v) is 1.77. The molecule has 1 rings (SSSR count). The largest absolute Gasteiger partial charge is 0.383 e. The Hall–Kier alpha value is -0.870. The lowest BCUT2D eigenvalue weighted by Crippen LogP contribution is -2.13. The molecule has 0 atom stereocenters. The molecule has 0 fully saturated rings. The maximum Gasteiger partial charge on any atom is 0.135 e. The number of halogens is 1. The van der Waals surface area contributed by atoms with E-state index in [0.717, 1.165) is 5.69 Å². The molecule has 1 aromatic heterocycles. The minimum Gasteiger partial charge on any atom is -0.383 e. The van der Waals surface area contributed by atoms with Crippen LogP contribution in [0, 0.1) is 5.92 Å². The molecule has 17 heavy (non-hydrogen) atoms. The highest BCUT2D eigenvalue weighted by Gasteiger charge is 2.13. The average molecular weight is 259 g/mol. The predicted molar refractivity (Wildman–Crippen MR) is 67.3 cm³/mol. The lowest BCUT2D eigenvalue weighted by molar-refractivity contribution is -0.121. The number of carbonyl (C=O) groups excluding carboxylic acids is 1. The van der Waals surface area contributed by atoms with Crippen molar-refractivity contribution in [2.75, 3.05) is 13.7 Å². The van der Waals surface area contributed by atoms with E-state index in [9.17, 15) is 4.79 Å².